The van der Waals surface area contributed by atoms with Gasteiger partial charge in [-0.05, 0) is 42.3 Å². The van der Waals surface area contributed by atoms with Gasteiger partial charge in [-0.2, -0.15) is 0 Å². The van der Waals surface area contributed by atoms with E-state index in [-0.39, 0.29) is 17.2 Å². The number of aromatic nitrogens is 1. The van der Waals surface area contributed by atoms with E-state index in [4.69, 9.17) is 11.6 Å². The molecule has 1 aromatic carbocycles. The molecule has 0 saturated heterocycles. The first-order valence-electron chi connectivity index (χ1n) is 8.13. The van der Waals surface area contributed by atoms with Gasteiger partial charge in [0.25, 0.3) is 0 Å². The zero-order valence-corrected chi connectivity index (χ0v) is 16.7. The van der Waals surface area contributed by atoms with Crippen molar-refractivity contribution >= 4 is 31.5 Å². The summed E-state index contributed by atoms with van der Waals surface area (Å²) in [5.74, 6) is -0.0374. The first-order chi connectivity index (χ1) is 12.3. The monoisotopic (exact) mass is 416 g/mol. The number of sulfonamides is 1. The molecular formula is C17H21ClN2O4S2. The SMILES string of the molecule is CCCCS(=O)(=O)NC[C@H](c1cccnc1)S(=O)(=O)c1ccc(Cl)cc1. The summed E-state index contributed by atoms with van der Waals surface area (Å²) in [4.78, 5) is 4.03. The quantitative estimate of drug-likeness (QED) is 0.678. The van der Waals surface area contributed by atoms with Crippen molar-refractivity contribution in [1.82, 2.24) is 9.71 Å². The van der Waals surface area contributed by atoms with Crippen LogP contribution in [0, 0.1) is 0 Å². The molecule has 0 unspecified atom stereocenters. The van der Waals surface area contributed by atoms with Crippen LogP contribution in [-0.4, -0.2) is 34.1 Å². The first-order valence-corrected chi connectivity index (χ1v) is 11.7. The maximum atomic E-state index is 13.1. The maximum absolute atomic E-state index is 13.1. The van der Waals surface area contributed by atoms with Crippen molar-refractivity contribution in [1.29, 1.82) is 0 Å². The van der Waals surface area contributed by atoms with Crippen molar-refractivity contribution in [3.05, 3.63) is 59.4 Å². The molecule has 0 fully saturated rings. The maximum Gasteiger partial charge on any atom is 0.211 e. The summed E-state index contributed by atoms with van der Waals surface area (Å²) in [6.45, 7) is 1.63. The summed E-state index contributed by atoms with van der Waals surface area (Å²) in [7, 11) is -7.39. The predicted molar refractivity (Wildman–Crippen MR) is 102 cm³/mol. The molecule has 6 nitrogen and oxygen atoms in total. The third-order valence-electron chi connectivity index (χ3n) is 3.83. The minimum absolute atomic E-state index is 0.0374. The van der Waals surface area contributed by atoms with Gasteiger partial charge in [-0.3, -0.25) is 4.98 Å². The molecular weight excluding hydrogens is 396 g/mol. The zero-order chi connectivity index (χ0) is 19.2. The van der Waals surface area contributed by atoms with Gasteiger partial charge in [-0.15, -0.1) is 0 Å². The molecule has 1 heterocycles. The number of benzene rings is 1. The van der Waals surface area contributed by atoms with Crippen LogP contribution in [0.2, 0.25) is 5.02 Å². The number of hydrogen-bond donors (Lipinski definition) is 1. The summed E-state index contributed by atoms with van der Waals surface area (Å²) in [5, 5.41) is -0.670. The van der Waals surface area contributed by atoms with E-state index >= 15 is 0 Å². The molecule has 142 valence electrons. The smallest absolute Gasteiger partial charge is 0.211 e. The minimum Gasteiger partial charge on any atom is -0.264 e. The lowest BCUT2D eigenvalue weighted by molar-refractivity contribution is 0.566. The minimum atomic E-state index is -3.84. The van der Waals surface area contributed by atoms with E-state index in [0.717, 1.165) is 6.42 Å². The van der Waals surface area contributed by atoms with Crippen LogP contribution < -0.4 is 4.72 Å². The van der Waals surface area contributed by atoms with Crippen LogP contribution in [0.1, 0.15) is 30.6 Å². The second-order valence-corrected chi connectivity index (χ2v) is 10.3. The van der Waals surface area contributed by atoms with Gasteiger partial charge >= 0.3 is 0 Å². The molecule has 0 aliphatic carbocycles. The highest BCUT2D eigenvalue weighted by molar-refractivity contribution is 7.92. The van der Waals surface area contributed by atoms with Crippen molar-refractivity contribution in [3.63, 3.8) is 0 Å². The zero-order valence-electron chi connectivity index (χ0n) is 14.3. The van der Waals surface area contributed by atoms with Crippen LogP contribution in [0.25, 0.3) is 0 Å². The molecule has 0 amide bonds. The number of sulfone groups is 1. The number of rotatable bonds is 9. The van der Waals surface area contributed by atoms with Gasteiger partial charge < -0.3 is 0 Å². The van der Waals surface area contributed by atoms with Crippen LogP contribution in [0.15, 0.2) is 53.7 Å². The van der Waals surface area contributed by atoms with Crippen LogP contribution in [-0.2, 0) is 19.9 Å². The first kappa shape index (κ1) is 20.8. The molecule has 1 aromatic heterocycles. The fourth-order valence-electron chi connectivity index (χ4n) is 2.37. The number of nitrogens with one attached hydrogen (secondary N) is 1. The fraction of sp³-hybridized carbons (Fsp3) is 0.353. The van der Waals surface area contributed by atoms with E-state index in [1.165, 1.54) is 36.7 Å². The van der Waals surface area contributed by atoms with Crippen LogP contribution in [0.4, 0.5) is 0 Å². The number of nitrogens with zero attached hydrogens (tertiary/aromatic N) is 1. The molecule has 0 spiro atoms. The fourth-order valence-corrected chi connectivity index (χ4v) is 5.48. The van der Waals surface area contributed by atoms with Crippen molar-refractivity contribution < 1.29 is 16.8 Å². The highest BCUT2D eigenvalue weighted by atomic mass is 35.5. The standard InChI is InChI=1S/C17H21ClN2O4S2/c1-2-3-11-25(21,22)20-13-17(14-5-4-10-19-12-14)26(23,24)16-8-6-15(18)7-9-16/h4-10,12,17,20H,2-3,11,13H2,1H3/t17-/m1/s1. The summed E-state index contributed by atoms with van der Waals surface area (Å²) in [6, 6.07) is 9.02. The second kappa shape index (κ2) is 8.94. The Hall–Kier alpha value is -1.48. The number of unbranched alkanes of at least 4 members (excludes halogenated alkanes) is 1. The van der Waals surface area contributed by atoms with E-state index < -0.39 is 25.1 Å². The summed E-state index contributed by atoms with van der Waals surface area (Å²) >= 11 is 5.83. The molecule has 1 N–H and O–H groups in total. The lowest BCUT2D eigenvalue weighted by Crippen LogP contribution is -2.33. The highest BCUT2D eigenvalue weighted by Gasteiger charge is 2.30. The van der Waals surface area contributed by atoms with Crippen molar-refractivity contribution in [2.24, 2.45) is 0 Å². The van der Waals surface area contributed by atoms with E-state index in [2.05, 4.69) is 9.71 Å². The molecule has 0 radical (unpaired) electrons. The van der Waals surface area contributed by atoms with E-state index in [1.807, 2.05) is 6.92 Å². The average molecular weight is 417 g/mol. The Kier molecular flexibility index (Phi) is 7.16. The van der Waals surface area contributed by atoms with E-state index in [0.29, 0.717) is 17.0 Å². The van der Waals surface area contributed by atoms with Crippen molar-refractivity contribution in [2.75, 3.05) is 12.3 Å². The topological polar surface area (TPSA) is 93.2 Å². The Labute approximate surface area is 159 Å². The Morgan fingerprint density at radius 2 is 1.81 bits per heavy atom. The Morgan fingerprint density at radius 3 is 2.38 bits per heavy atom. The summed E-state index contributed by atoms with van der Waals surface area (Å²) in [5.41, 5.74) is 0.417. The van der Waals surface area contributed by atoms with Crippen LogP contribution in [0.3, 0.4) is 0 Å². The second-order valence-electron chi connectivity index (χ2n) is 5.79. The van der Waals surface area contributed by atoms with Gasteiger partial charge in [0, 0.05) is 24.0 Å². The van der Waals surface area contributed by atoms with Gasteiger partial charge in [-0.1, -0.05) is 31.0 Å². The third-order valence-corrected chi connectivity index (χ3v) is 7.63. The van der Waals surface area contributed by atoms with Gasteiger partial charge in [0.15, 0.2) is 9.84 Å². The average Bonchev–Trinajstić information content (AvgIpc) is 2.61. The summed E-state index contributed by atoms with van der Waals surface area (Å²) in [6.07, 6.45) is 4.20. The molecule has 0 aliphatic rings. The Balaban J connectivity index is 2.34. The molecule has 0 bridgehead atoms. The predicted octanol–water partition coefficient (Wildman–Crippen LogP) is 2.97. The van der Waals surface area contributed by atoms with Gasteiger partial charge in [0.05, 0.1) is 10.6 Å². The van der Waals surface area contributed by atoms with Crippen LogP contribution >= 0.6 is 11.6 Å². The molecule has 2 rings (SSSR count). The lowest BCUT2D eigenvalue weighted by atomic mass is 10.2. The molecule has 9 heteroatoms. The van der Waals surface area contributed by atoms with Gasteiger partial charge in [-0.25, -0.2) is 21.6 Å². The Bertz CT molecular complexity index is 915. The number of halogens is 1. The van der Waals surface area contributed by atoms with E-state index in [1.54, 1.807) is 12.1 Å². The van der Waals surface area contributed by atoms with Crippen LogP contribution in [0.5, 0.6) is 0 Å². The third kappa shape index (κ3) is 5.51. The Morgan fingerprint density at radius 1 is 1.12 bits per heavy atom. The van der Waals surface area contributed by atoms with Crippen molar-refractivity contribution in [3.8, 4) is 0 Å². The van der Waals surface area contributed by atoms with Gasteiger partial charge in [0.2, 0.25) is 10.0 Å². The molecule has 0 saturated carbocycles. The molecule has 1 atom stereocenters. The van der Waals surface area contributed by atoms with Gasteiger partial charge in [0.1, 0.15) is 5.25 Å². The van der Waals surface area contributed by atoms with Crippen molar-refractivity contribution in [2.45, 2.75) is 29.9 Å². The highest BCUT2D eigenvalue weighted by Crippen LogP contribution is 2.29. The number of pyridine rings is 1. The molecule has 26 heavy (non-hydrogen) atoms. The number of hydrogen-bond acceptors (Lipinski definition) is 5. The normalized spacial score (nSPS) is 13.5. The molecule has 2 aromatic rings. The summed E-state index contributed by atoms with van der Waals surface area (Å²) < 4.78 is 52.7. The molecule has 0 aliphatic heterocycles. The largest absolute Gasteiger partial charge is 0.264 e. The van der Waals surface area contributed by atoms with E-state index in [9.17, 15) is 16.8 Å². The lowest BCUT2D eigenvalue weighted by Gasteiger charge is -2.19.